The number of H-pyrrole nitrogens is 2. The van der Waals surface area contributed by atoms with Gasteiger partial charge in [-0.3, -0.25) is 14.7 Å². The molecule has 0 spiro atoms. The van der Waals surface area contributed by atoms with E-state index >= 15 is 0 Å². The Bertz CT molecular complexity index is 784. The van der Waals surface area contributed by atoms with E-state index in [0.29, 0.717) is 25.3 Å². The SMILES string of the molecule is CC(C)(C)c1ccc(SCC(=O)N2CCc3c([nH][nH]c3=O)C2)cc1. The normalized spacial score (nSPS) is 14.5. The molecule has 1 aliphatic heterocycles. The number of nitrogens with zero attached hydrogens (tertiary/aromatic N) is 1. The lowest BCUT2D eigenvalue weighted by molar-refractivity contribution is -0.129. The van der Waals surface area contributed by atoms with E-state index in [1.54, 1.807) is 11.8 Å². The molecule has 2 aromatic rings. The summed E-state index contributed by atoms with van der Waals surface area (Å²) in [6.07, 6.45) is 0.616. The summed E-state index contributed by atoms with van der Waals surface area (Å²) in [5.41, 5.74) is 2.98. The first-order chi connectivity index (χ1) is 11.3. The first-order valence-corrected chi connectivity index (χ1v) is 9.12. The van der Waals surface area contributed by atoms with Gasteiger partial charge in [-0.05, 0) is 29.5 Å². The summed E-state index contributed by atoms with van der Waals surface area (Å²) in [6.45, 7) is 7.66. The number of nitrogens with one attached hydrogen (secondary N) is 2. The Morgan fingerprint density at radius 3 is 2.58 bits per heavy atom. The molecular formula is C18H23N3O2S. The van der Waals surface area contributed by atoms with Gasteiger partial charge in [0.2, 0.25) is 5.91 Å². The molecule has 1 aromatic carbocycles. The number of aromatic nitrogens is 2. The van der Waals surface area contributed by atoms with Gasteiger partial charge >= 0.3 is 0 Å². The quantitative estimate of drug-likeness (QED) is 0.841. The van der Waals surface area contributed by atoms with E-state index in [-0.39, 0.29) is 16.9 Å². The minimum absolute atomic E-state index is 0.0644. The first kappa shape index (κ1) is 16.9. The molecule has 0 aliphatic carbocycles. The van der Waals surface area contributed by atoms with Crippen molar-refractivity contribution in [3.8, 4) is 0 Å². The maximum atomic E-state index is 12.4. The standard InChI is InChI=1S/C18H23N3O2S/c1-18(2,3)12-4-6-13(7-5-12)24-11-16(22)21-9-8-14-15(10-21)19-20-17(14)23/h4-7H,8-11H2,1-3H3,(H2,19,20,23). The van der Waals surface area contributed by atoms with Crippen LogP contribution in [0.25, 0.3) is 0 Å². The van der Waals surface area contributed by atoms with Crippen molar-refractivity contribution in [1.29, 1.82) is 0 Å². The minimum Gasteiger partial charge on any atom is -0.336 e. The van der Waals surface area contributed by atoms with Gasteiger partial charge in [0.1, 0.15) is 0 Å². The first-order valence-electron chi connectivity index (χ1n) is 8.14. The predicted molar refractivity (Wildman–Crippen MR) is 96.4 cm³/mol. The fourth-order valence-corrected chi connectivity index (χ4v) is 3.64. The minimum atomic E-state index is -0.0644. The molecule has 1 aromatic heterocycles. The summed E-state index contributed by atoms with van der Waals surface area (Å²) in [5.74, 6) is 0.520. The predicted octanol–water partition coefficient (Wildman–Crippen LogP) is 2.68. The third-order valence-corrected chi connectivity index (χ3v) is 5.38. The lowest BCUT2D eigenvalue weighted by Crippen LogP contribution is -2.37. The van der Waals surface area contributed by atoms with Gasteiger partial charge in [0.05, 0.1) is 18.0 Å². The highest BCUT2D eigenvalue weighted by Crippen LogP contribution is 2.26. The van der Waals surface area contributed by atoms with Crippen LogP contribution in [0, 0.1) is 0 Å². The van der Waals surface area contributed by atoms with Crippen LogP contribution < -0.4 is 5.56 Å². The van der Waals surface area contributed by atoms with Crippen molar-refractivity contribution in [1.82, 2.24) is 15.1 Å². The van der Waals surface area contributed by atoms with E-state index in [1.165, 1.54) is 5.56 Å². The highest BCUT2D eigenvalue weighted by atomic mass is 32.2. The van der Waals surface area contributed by atoms with Crippen LogP contribution >= 0.6 is 11.8 Å². The molecule has 0 fully saturated rings. The second-order valence-corrected chi connectivity index (χ2v) is 8.21. The number of aromatic amines is 2. The molecule has 0 saturated carbocycles. The van der Waals surface area contributed by atoms with Crippen molar-refractivity contribution in [2.24, 2.45) is 0 Å². The molecule has 2 N–H and O–H groups in total. The number of hydrogen-bond donors (Lipinski definition) is 2. The molecule has 1 aliphatic rings. The Balaban J connectivity index is 1.57. The van der Waals surface area contributed by atoms with Crippen LogP contribution in [0.4, 0.5) is 0 Å². The van der Waals surface area contributed by atoms with Crippen molar-refractivity contribution in [3.05, 3.63) is 51.4 Å². The molecule has 5 nitrogen and oxygen atoms in total. The Kier molecular flexibility index (Phi) is 4.58. The van der Waals surface area contributed by atoms with E-state index < -0.39 is 0 Å². The second kappa shape index (κ2) is 6.51. The van der Waals surface area contributed by atoms with Crippen LogP contribution in [-0.2, 0) is 23.2 Å². The van der Waals surface area contributed by atoms with Crippen LogP contribution in [0.5, 0.6) is 0 Å². The van der Waals surface area contributed by atoms with E-state index in [0.717, 1.165) is 16.2 Å². The second-order valence-electron chi connectivity index (χ2n) is 7.16. The molecule has 0 radical (unpaired) electrons. The summed E-state index contributed by atoms with van der Waals surface area (Å²) in [5, 5.41) is 5.46. The Hall–Kier alpha value is -1.95. The fourth-order valence-electron chi connectivity index (χ4n) is 2.84. The van der Waals surface area contributed by atoms with Gasteiger partial charge in [0, 0.05) is 17.0 Å². The molecule has 6 heteroatoms. The lowest BCUT2D eigenvalue weighted by Gasteiger charge is -2.26. The molecule has 2 heterocycles. The average molecular weight is 345 g/mol. The van der Waals surface area contributed by atoms with Gasteiger partial charge in [0.15, 0.2) is 0 Å². The summed E-state index contributed by atoms with van der Waals surface area (Å²) < 4.78 is 0. The van der Waals surface area contributed by atoms with Crippen molar-refractivity contribution >= 4 is 17.7 Å². The van der Waals surface area contributed by atoms with Gasteiger partial charge < -0.3 is 10.00 Å². The monoisotopic (exact) mass is 345 g/mol. The Morgan fingerprint density at radius 2 is 1.92 bits per heavy atom. The van der Waals surface area contributed by atoms with Crippen LogP contribution in [0.15, 0.2) is 34.0 Å². The average Bonchev–Trinajstić information content (AvgIpc) is 2.93. The maximum absolute atomic E-state index is 12.4. The van der Waals surface area contributed by atoms with Crippen molar-refractivity contribution in [2.75, 3.05) is 12.3 Å². The van der Waals surface area contributed by atoms with E-state index in [1.807, 2.05) is 4.90 Å². The molecule has 0 atom stereocenters. The van der Waals surface area contributed by atoms with Gasteiger partial charge in [0.25, 0.3) is 5.56 Å². The number of thioether (sulfide) groups is 1. The van der Waals surface area contributed by atoms with Crippen molar-refractivity contribution in [2.45, 2.75) is 44.0 Å². The zero-order chi connectivity index (χ0) is 17.3. The third-order valence-electron chi connectivity index (χ3n) is 4.38. The zero-order valence-corrected chi connectivity index (χ0v) is 15.1. The molecule has 24 heavy (non-hydrogen) atoms. The molecular weight excluding hydrogens is 322 g/mol. The number of hydrogen-bond acceptors (Lipinski definition) is 3. The van der Waals surface area contributed by atoms with E-state index in [4.69, 9.17) is 0 Å². The molecule has 1 amide bonds. The molecule has 0 unspecified atom stereocenters. The summed E-state index contributed by atoms with van der Waals surface area (Å²) in [6, 6.07) is 8.42. The topological polar surface area (TPSA) is 69.0 Å². The van der Waals surface area contributed by atoms with Crippen molar-refractivity contribution in [3.63, 3.8) is 0 Å². The largest absolute Gasteiger partial charge is 0.336 e. The highest BCUT2D eigenvalue weighted by Gasteiger charge is 2.23. The van der Waals surface area contributed by atoms with E-state index in [2.05, 4.69) is 55.2 Å². The summed E-state index contributed by atoms with van der Waals surface area (Å²) >= 11 is 1.56. The third kappa shape index (κ3) is 3.59. The smallest absolute Gasteiger partial charge is 0.267 e. The molecule has 3 rings (SSSR count). The Morgan fingerprint density at radius 1 is 1.21 bits per heavy atom. The summed E-state index contributed by atoms with van der Waals surface area (Å²) in [7, 11) is 0. The molecule has 0 saturated heterocycles. The number of fused-ring (bicyclic) bond motifs is 1. The van der Waals surface area contributed by atoms with Gasteiger partial charge in [-0.2, -0.15) is 0 Å². The molecule has 128 valence electrons. The zero-order valence-electron chi connectivity index (χ0n) is 14.3. The number of amides is 1. The van der Waals surface area contributed by atoms with Crippen LogP contribution in [0.1, 0.15) is 37.6 Å². The number of rotatable bonds is 3. The maximum Gasteiger partial charge on any atom is 0.267 e. The fraction of sp³-hybridized carbons (Fsp3) is 0.444. The van der Waals surface area contributed by atoms with Crippen LogP contribution in [0.3, 0.4) is 0 Å². The van der Waals surface area contributed by atoms with Gasteiger partial charge in [-0.25, -0.2) is 0 Å². The van der Waals surface area contributed by atoms with Gasteiger partial charge in [-0.1, -0.05) is 32.9 Å². The van der Waals surface area contributed by atoms with Crippen LogP contribution in [0.2, 0.25) is 0 Å². The van der Waals surface area contributed by atoms with E-state index in [9.17, 15) is 9.59 Å². The van der Waals surface area contributed by atoms with Gasteiger partial charge in [-0.15, -0.1) is 11.8 Å². The Labute approximate surface area is 145 Å². The number of benzene rings is 1. The number of carbonyl (C=O) groups is 1. The summed E-state index contributed by atoms with van der Waals surface area (Å²) in [4.78, 5) is 26.9. The molecule has 0 bridgehead atoms. The lowest BCUT2D eigenvalue weighted by atomic mass is 9.87. The van der Waals surface area contributed by atoms with Crippen molar-refractivity contribution < 1.29 is 4.79 Å². The van der Waals surface area contributed by atoms with Crippen LogP contribution in [-0.4, -0.2) is 33.3 Å². The number of carbonyl (C=O) groups excluding carboxylic acids is 1. The highest BCUT2D eigenvalue weighted by molar-refractivity contribution is 8.00.